The Morgan fingerprint density at radius 1 is 1.17 bits per heavy atom. The van der Waals surface area contributed by atoms with Crippen LogP contribution in [0.4, 0.5) is 23.1 Å². The molecule has 0 fully saturated rings. The van der Waals surface area contributed by atoms with Crippen LogP contribution in [0, 0.1) is 6.92 Å². The Morgan fingerprint density at radius 3 is 2.89 bits per heavy atom. The molecular weight excluding hydrogens is 470 g/mol. The molecule has 2 aliphatic rings. The number of nitrogens with one attached hydrogen (secondary N) is 3. The second-order valence-electron chi connectivity index (χ2n) is 8.62. The molecule has 0 bridgehead atoms. The third-order valence-corrected chi connectivity index (χ3v) is 7.36. The highest BCUT2D eigenvalue weighted by atomic mass is 32.3. The Hall–Kier alpha value is -3.94. The van der Waals surface area contributed by atoms with Gasteiger partial charge in [-0.25, -0.2) is 9.97 Å². The number of aromatic nitrogens is 5. The van der Waals surface area contributed by atoms with Crippen LogP contribution in [0.3, 0.4) is 0 Å². The maximum Gasteiger partial charge on any atom is 0.241 e. The van der Waals surface area contributed by atoms with Crippen LogP contribution < -0.4 is 21.1 Å². The minimum Gasteiger partial charge on any atom is -0.383 e. The highest BCUT2D eigenvalue weighted by Crippen LogP contribution is 2.52. The van der Waals surface area contributed by atoms with Crippen molar-refractivity contribution in [2.24, 2.45) is 0 Å². The van der Waals surface area contributed by atoms with Gasteiger partial charge in [0, 0.05) is 48.1 Å². The minimum absolute atomic E-state index is 0.0608. The molecule has 2 aliphatic heterocycles. The van der Waals surface area contributed by atoms with Crippen molar-refractivity contribution in [2.75, 3.05) is 22.3 Å². The fraction of sp³-hybridized carbons (Fsp3) is 0.227. The van der Waals surface area contributed by atoms with E-state index in [2.05, 4.69) is 35.4 Å². The quantitative estimate of drug-likeness (QED) is 0.249. The molecule has 6 rings (SSSR count). The van der Waals surface area contributed by atoms with Crippen LogP contribution in [-0.2, 0) is 23.5 Å². The van der Waals surface area contributed by atoms with E-state index in [1.807, 2.05) is 25.1 Å². The lowest BCUT2D eigenvalue weighted by Crippen LogP contribution is -2.25. The normalized spacial score (nSPS) is 17.2. The summed E-state index contributed by atoms with van der Waals surface area (Å²) in [7, 11) is -2.92. The molecule has 4 aromatic heterocycles. The summed E-state index contributed by atoms with van der Waals surface area (Å²) in [6.45, 7) is 2.65. The highest BCUT2D eigenvalue weighted by molar-refractivity contribution is 8.25. The van der Waals surface area contributed by atoms with E-state index in [0.29, 0.717) is 52.9 Å². The van der Waals surface area contributed by atoms with Crippen LogP contribution in [0.15, 0.2) is 30.6 Å². The van der Waals surface area contributed by atoms with E-state index in [0.717, 1.165) is 22.2 Å². The number of hydrogen-bond acceptors (Lipinski definition) is 10. The first kappa shape index (κ1) is 21.6. The van der Waals surface area contributed by atoms with E-state index in [9.17, 15) is 13.9 Å². The number of carbonyl (C=O) groups excluding carboxylic acids is 1. The molecule has 13 heteroatoms. The van der Waals surface area contributed by atoms with E-state index < -0.39 is 10.8 Å². The van der Waals surface area contributed by atoms with Crippen LogP contribution in [0.1, 0.15) is 17.0 Å². The standard InChI is InChI=1S/C22H23N9O3S/c1-11-14(7-25-17-10-35(33,34)30-21(11)17)16-4-12-5-18(26-8-15(12)22(23)27-16)28-19-6-13-2-3-24-20(32)9-31(13)29-19/h4-8,30,33-34H,2-3,9-10H2,1H3,(H2,23,27)(H,24,32)(H,26,28,29). The van der Waals surface area contributed by atoms with E-state index in [4.69, 9.17) is 5.73 Å². The zero-order valence-electron chi connectivity index (χ0n) is 18.7. The van der Waals surface area contributed by atoms with Gasteiger partial charge in [-0.15, -0.1) is 10.8 Å². The Bertz CT molecular complexity index is 1520. The van der Waals surface area contributed by atoms with Crippen molar-refractivity contribution in [3.63, 3.8) is 0 Å². The van der Waals surface area contributed by atoms with Gasteiger partial charge in [0.2, 0.25) is 5.91 Å². The molecule has 6 heterocycles. The van der Waals surface area contributed by atoms with Crippen LogP contribution >= 0.6 is 10.8 Å². The molecule has 0 aromatic carbocycles. The number of nitrogens with zero attached hydrogens (tertiary/aromatic N) is 5. The molecular formula is C22H23N9O3S. The van der Waals surface area contributed by atoms with Gasteiger partial charge in [0.15, 0.2) is 5.82 Å². The smallest absolute Gasteiger partial charge is 0.241 e. The molecule has 4 aromatic rings. The van der Waals surface area contributed by atoms with Gasteiger partial charge in [-0.1, -0.05) is 0 Å². The number of anilines is 4. The van der Waals surface area contributed by atoms with Gasteiger partial charge < -0.3 is 16.4 Å². The molecule has 0 unspecified atom stereocenters. The fourth-order valence-electron chi connectivity index (χ4n) is 4.44. The van der Waals surface area contributed by atoms with Gasteiger partial charge in [-0.3, -0.25) is 28.3 Å². The SMILES string of the molecule is Cc1c(-c2cc3cc(Nc4cc5n(n4)CC(=O)NCC5)ncc3c(N)n2)cnc2c1NS(O)(O)C2. The van der Waals surface area contributed by atoms with Gasteiger partial charge in [0.05, 0.1) is 17.1 Å². The number of nitrogen functional groups attached to an aromatic ring is 1. The fourth-order valence-corrected chi connectivity index (χ4v) is 5.71. The van der Waals surface area contributed by atoms with Crippen LogP contribution in [0.2, 0.25) is 0 Å². The second kappa shape index (κ2) is 7.80. The third-order valence-electron chi connectivity index (χ3n) is 6.16. The summed E-state index contributed by atoms with van der Waals surface area (Å²) < 4.78 is 24.5. The zero-order valence-corrected chi connectivity index (χ0v) is 19.6. The second-order valence-corrected chi connectivity index (χ2v) is 10.4. The van der Waals surface area contributed by atoms with Crippen molar-refractivity contribution in [1.29, 1.82) is 0 Å². The average molecular weight is 494 g/mol. The Balaban J connectivity index is 1.35. The lowest BCUT2D eigenvalue weighted by Gasteiger charge is -2.26. The predicted molar refractivity (Wildman–Crippen MR) is 134 cm³/mol. The topological polar surface area (TPSA) is 176 Å². The summed E-state index contributed by atoms with van der Waals surface area (Å²) in [5, 5.41) is 12.1. The number of nitrogens with two attached hydrogens (primary N) is 1. The third kappa shape index (κ3) is 3.88. The molecule has 0 saturated carbocycles. The molecule has 0 atom stereocenters. The van der Waals surface area contributed by atoms with E-state index >= 15 is 0 Å². The predicted octanol–water partition coefficient (Wildman–Crippen LogP) is 2.79. The summed E-state index contributed by atoms with van der Waals surface area (Å²) in [6.07, 6.45) is 4.04. The van der Waals surface area contributed by atoms with Crippen molar-refractivity contribution in [3.05, 3.63) is 47.5 Å². The summed E-state index contributed by atoms with van der Waals surface area (Å²) in [4.78, 5) is 25.2. The molecule has 0 radical (unpaired) electrons. The average Bonchev–Trinajstić information content (AvgIpc) is 3.26. The maximum atomic E-state index is 11.8. The molecule has 0 spiro atoms. The largest absolute Gasteiger partial charge is 0.383 e. The Kier molecular flexibility index (Phi) is 4.81. The first-order chi connectivity index (χ1) is 16.8. The van der Waals surface area contributed by atoms with Gasteiger partial charge in [-0.05, 0) is 30.0 Å². The van der Waals surface area contributed by atoms with Gasteiger partial charge in [0.25, 0.3) is 0 Å². The molecule has 35 heavy (non-hydrogen) atoms. The molecule has 12 nitrogen and oxygen atoms in total. The minimum atomic E-state index is -2.92. The maximum absolute atomic E-state index is 11.8. The van der Waals surface area contributed by atoms with Gasteiger partial charge >= 0.3 is 0 Å². The molecule has 7 N–H and O–H groups in total. The van der Waals surface area contributed by atoms with Crippen molar-refractivity contribution < 1.29 is 13.9 Å². The van der Waals surface area contributed by atoms with Crippen LogP contribution in [-0.4, -0.2) is 46.3 Å². The molecule has 180 valence electrons. The number of carbonyl (C=O) groups is 1. The van der Waals surface area contributed by atoms with E-state index in [1.165, 1.54) is 0 Å². The van der Waals surface area contributed by atoms with Gasteiger partial charge in [0.1, 0.15) is 23.9 Å². The van der Waals surface area contributed by atoms with Crippen LogP contribution in [0.25, 0.3) is 22.0 Å². The lowest BCUT2D eigenvalue weighted by molar-refractivity contribution is -0.121. The first-order valence-electron chi connectivity index (χ1n) is 10.9. The summed E-state index contributed by atoms with van der Waals surface area (Å²) in [6, 6.07) is 5.67. The Labute approximate surface area is 201 Å². The Morgan fingerprint density at radius 2 is 2.03 bits per heavy atom. The monoisotopic (exact) mass is 493 g/mol. The molecule has 1 amide bonds. The number of fused-ring (bicyclic) bond motifs is 3. The summed E-state index contributed by atoms with van der Waals surface area (Å²) >= 11 is 0. The van der Waals surface area contributed by atoms with Crippen molar-refractivity contribution in [1.82, 2.24) is 30.0 Å². The van der Waals surface area contributed by atoms with E-state index in [-0.39, 0.29) is 18.2 Å². The van der Waals surface area contributed by atoms with Crippen molar-refractivity contribution >= 4 is 50.6 Å². The lowest BCUT2D eigenvalue weighted by atomic mass is 10.0. The van der Waals surface area contributed by atoms with Crippen molar-refractivity contribution in [3.8, 4) is 11.3 Å². The van der Waals surface area contributed by atoms with Crippen LogP contribution in [0.5, 0.6) is 0 Å². The number of rotatable bonds is 3. The number of hydrogen-bond donors (Lipinski definition) is 6. The van der Waals surface area contributed by atoms with E-state index in [1.54, 1.807) is 17.1 Å². The first-order valence-corrected chi connectivity index (χ1v) is 12.7. The highest BCUT2D eigenvalue weighted by Gasteiger charge is 2.28. The zero-order chi connectivity index (χ0) is 24.3. The summed E-state index contributed by atoms with van der Waals surface area (Å²) in [5.41, 5.74) is 10.6. The molecule has 0 aliphatic carbocycles. The number of amides is 1. The van der Waals surface area contributed by atoms with Gasteiger partial charge in [-0.2, -0.15) is 5.10 Å². The van der Waals surface area contributed by atoms with Crippen molar-refractivity contribution in [2.45, 2.75) is 25.6 Å². The number of pyridine rings is 3. The molecule has 0 saturated heterocycles. The summed E-state index contributed by atoms with van der Waals surface area (Å²) in [5.74, 6) is 1.53.